The van der Waals surface area contributed by atoms with Crippen LogP contribution in [0.3, 0.4) is 0 Å². The predicted molar refractivity (Wildman–Crippen MR) is 75.9 cm³/mol. The van der Waals surface area contributed by atoms with E-state index in [0.717, 1.165) is 44.2 Å². The Labute approximate surface area is 116 Å². The highest BCUT2D eigenvalue weighted by atomic mass is 16.5. The number of rotatable bonds is 10. The van der Waals surface area contributed by atoms with Crippen molar-refractivity contribution in [1.82, 2.24) is 15.4 Å². The molecule has 0 aromatic carbocycles. The van der Waals surface area contributed by atoms with Gasteiger partial charge >= 0.3 is 0 Å². The molecule has 19 heavy (non-hydrogen) atoms. The number of hydrogen-bond acceptors (Lipinski definition) is 5. The first kappa shape index (κ1) is 16.1. The van der Waals surface area contributed by atoms with Crippen LogP contribution in [0, 0.1) is 0 Å². The maximum Gasteiger partial charge on any atom is 0.162 e. The van der Waals surface area contributed by atoms with Gasteiger partial charge in [-0.2, -0.15) is 0 Å². The van der Waals surface area contributed by atoms with Gasteiger partial charge in [-0.15, -0.1) is 0 Å². The third-order valence-corrected chi connectivity index (χ3v) is 2.99. The lowest BCUT2D eigenvalue weighted by Crippen LogP contribution is -2.26. The fourth-order valence-electron chi connectivity index (χ4n) is 1.72. The molecule has 1 rings (SSSR count). The number of hydrogen-bond donors (Lipinski definition) is 1. The molecule has 1 aromatic rings. The van der Waals surface area contributed by atoms with Gasteiger partial charge in [0.05, 0.1) is 12.3 Å². The first-order valence-corrected chi connectivity index (χ1v) is 7.13. The van der Waals surface area contributed by atoms with E-state index in [4.69, 9.17) is 9.26 Å². The average Bonchev–Trinajstić information content (AvgIpc) is 2.84. The van der Waals surface area contributed by atoms with Crippen LogP contribution >= 0.6 is 0 Å². The molecule has 0 aliphatic heterocycles. The number of nitrogens with one attached hydrogen (secondary N) is 1. The third kappa shape index (κ3) is 6.71. The van der Waals surface area contributed by atoms with Gasteiger partial charge in [-0.3, -0.25) is 0 Å². The number of nitrogens with zero attached hydrogens (tertiary/aromatic N) is 2. The zero-order valence-electron chi connectivity index (χ0n) is 12.6. The minimum absolute atomic E-state index is 0.450. The van der Waals surface area contributed by atoms with Crippen LogP contribution < -0.4 is 5.32 Å². The van der Waals surface area contributed by atoms with Crippen LogP contribution in [-0.4, -0.2) is 42.3 Å². The molecular weight excluding hydrogens is 242 g/mol. The van der Waals surface area contributed by atoms with Crippen LogP contribution in [0.4, 0.5) is 0 Å². The largest absolute Gasteiger partial charge is 0.372 e. The van der Waals surface area contributed by atoms with Crippen molar-refractivity contribution < 1.29 is 9.26 Å². The van der Waals surface area contributed by atoms with Crippen LogP contribution in [0.25, 0.3) is 0 Å². The lowest BCUT2D eigenvalue weighted by Gasteiger charge is -2.17. The Morgan fingerprint density at radius 1 is 1.37 bits per heavy atom. The zero-order chi connectivity index (χ0) is 14.1. The lowest BCUT2D eigenvalue weighted by atomic mass is 10.3. The summed E-state index contributed by atoms with van der Waals surface area (Å²) in [6.45, 7) is 13.6. The van der Waals surface area contributed by atoms with Crippen molar-refractivity contribution in [1.29, 1.82) is 0 Å². The van der Waals surface area contributed by atoms with E-state index in [9.17, 15) is 0 Å². The molecule has 5 nitrogen and oxygen atoms in total. The van der Waals surface area contributed by atoms with Gasteiger partial charge in [0.25, 0.3) is 0 Å². The molecule has 0 fully saturated rings. The summed E-state index contributed by atoms with van der Waals surface area (Å²) in [5.74, 6) is 0.792. The quantitative estimate of drug-likeness (QED) is 0.659. The molecule has 0 radical (unpaired) electrons. The molecule has 0 saturated heterocycles. The molecule has 0 bridgehead atoms. The summed E-state index contributed by atoms with van der Waals surface area (Å²) in [4.78, 5) is 2.33. The Morgan fingerprint density at radius 3 is 2.74 bits per heavy atom. The summed E-state index contributed by atoms with van der Waals surface area (Å²) in [7, 11) is 0. The second-order valence-corrected chi connectivity index (χ2v) is 4.90. The van der Waals surface area contributed by atoms with Crippen LogP contribution in [0.5, 0.6) is 0 Å². The molecule has 110 valence electrons. The van der Waals surface area contributed by atoms with Crippen LogP contribution in [0.2, 0.25) is 0 Å². The van der Waals surface area contributed by atoms with Crippen LogP contribution in [0.15, 0.2) is 10.6 Å². The molecule has 5 heteroatoms. The Bertz CT molecular complexity index is 335. The van der Waals surface area contributed by atoms with Crippen molar-refractivity contribution in [3.63, 3.8) is 0 Å². The van der Waals surface area contributed by atoms with Gasteiger partial charge in [0.2, 0.25) is 0 Å². The molecule has 0 spiro atoms. The molecule has 0 aliphatic carbocycles. The van der Waals surface area contributed by atoms with E-state index >= 15 is 0 Å². The van der Waals surface area contributed by atoms with Gasteiger partial charge in [-0.25, -0.2) is 0 Å². The van der Waals surface area contributed by atoms with Gasteiger partial charge in [0.15, 0.2) is 5.76 Å². The summed E-state index contributed by atoms with van der Waals surface area (Å²) in [5.41, 5.74) is 0.927. The van der Waals surface area contributed by atoms with Crippen molar-refractivity contribution in [3.05, 3.63) is 17.5 Å². The molecule has 1 aromatic heterocycles. The SMILES string of the molecule is CCN(CC)CCOCc1cc(CNC(C)C)no1. The second-order valence-electron chi connectivity index (χ2n) is 4.90. The van der Waals surface area contributed by atoms with Gasteiger partial charge in [-0.05, 0) is 13.1 Å². The zero-order valence-corrected chi connectivity index (χ0v) is 12.6. The maximum atomic E-state index is 5.60. The second kappa shape index (κ2) is 9.07. The van der Waals surface area contributed by atoms with Crippen LogP contribution in [-0.2, 0) is 17.9 Å². The molecular formula is C14H27N3O2. The molecule has 1 N–H and O–H groups in total. The van der Waals surface area contributed by atoms with Crippen LogP contribution in [0.1, 0.15) is 39.1 Å². The fourth-order valence-corrected chi connectivity index (χ4v) is 1.72. The first-order chi connectivity index (χ1) is 9.15. The summed E-state index contributed by atoms with van der Waals surface area (Å²) < 4.78 is 10.8. The smallest absolute Gasteiger partial charge is 0.162 e. The van der Waals surface area contributed by atoms with E-state index in [1.165, 1.54) is 0 Å². The molecule has 0 atom stereocenters. The van der Waals surface area contributed by atoms with E-state index in [1.807, 2.05) is 6.07 Å². The van der Waals surface area contributed by atoms with Crippen molar-refractivity contribution in [2.75, 3.05) is 26.2 Å². The minimum Gasteiger partial charge on any atom is -0.372 e. The van der Waals surface area contributed by atoms with Gasteiger partial charge in [-0.1, -0.05) is 32.9 Å². The van der Waals surface area contributed by atoms with E-state index in [1.54, 1.807) is 0 Å². The summed E-state index contributed by atoms with van der Waals surface area (Å²) in [6.07, 6.45) is 0. The number of aromatic nitrogens is 1. The minimum atomic E-state index is 0.450. The summed E-state index contributed by atoms with van der Waals surface area (Å²) >= 11 is 0. The molecule has 0 amide bonds. The van der Waals surface area contributed by atoms with E-state index in [2.05, 4.69) is 43.1 Å². The summed E-state index contributed by atoms with van der Waals surface area (Å²) in [5, 5.41) is 7.31. The number of likely N-dealkylation sites (N-methyl/N-ethyl adjacent to an activating group) is 1. The Balaban J connectivity index is 2.19. The third-order valence-electron chi connectivity index (χ3n) is 2.99. The number of ether oxygens (including phenoxy) is 1. The lowest BCUT2D eigenvalue weighted by molar-refractivity contribution is 0.0807. The Hall–Kier alpha value is -0.910. The molecule has 1 heterocycles. The van der Waals surface area contributed by atoms with Crippen molar-refractivity contribution in [3.8, 4) is 0 Å². The standard InChI is InChI=1S/C14H27N3O2/c1-5-17(6-2)7-8-18-11-14-9-13(16-19-14)10-15-12(3)4/h9,12,15H,5-8,10-11H2,1-4H3. The van der Waals surface area contributed by atoms with E-state index in [-0.39, 0.29) is 0 Å². The van der Waals surface area contributed by atoms with Gasteiger partial charge in [0, 0.05) is 25.2 Å². The average molecular weight is 269 g/mol. The first-order valence-electron chi connectivity index (χ1n) is 7.13. The molecule has 0 saturated carbocycles. The Kier molecular flexibility index (Phi) is 7.70. The summed E-state index contributed by atoms with van der Waals surface area (Å²) in [6, 6.07) is 2.40. The highest BCUT2D eigenvalue weighted by Crippen LogP contribution is 2.05. The molecule has 0 unspecified atom stereocenters. The Morgan fingerprint density at radius 2 is 2.11 bits per heavy atom. The van der Waals surface area contributed by atoms with Gasteiger partial charge in [0.1, 0.15) is 6.61 Å². The monoisotopic (exact) mass is 269 g/mol. The van der Waals surface area contributed by atoms with E-state index in [0.29, 0.717) is 12.6 Å². The topological polar surface area (TPSA) is 50.5 Å². The highest BCUT2D eigenvalue weighted by molar-refractivity contribution is 5.04. The highest BCUT2D eigenvalue weighted by Gasteiger charge is 2.05. The fraction of sp³-hybridized carbons (Fsp3) is 0.786. The normalized spacial score (nSPS) is 11.7. The van der Waals surface area contributed by atoms with Crippen molar-refractivity contribution >= 4 is 0 Å². The van der Waals surface area contributed by atoms with Gasteiger partial charge < -0.3 is 19.5 Å². The van der Waals surface area contributed by atoms with Crippen molar-refractivity contribution in [2.45, 2.75) is 46.9 Å². The van der Waals surface area contributed by atoms with Crippen molar-refractivity contribution in [2.24, 2.45) is 0 Å². The molecule has 0 aliphatic rings. The van der Waals surface area contributed by atoms with E-state index < -0.39 is 0 Å². The predicted octanol–water partition coefficient (Wildman–Crippen LogP) is 2.03. The maximum absolute atomic E-state index is 5.60.